The first-order valence-electron chi connectivity index (χ1n) is 4.35. The molecule has 1 aromatic heterocycles. The van der Waals surface area contributed by atoms with E-state index in [9.17, 15) is 0 Å². The second-order valence-electron chi connectivity index (χ2n) is 2.96. The van der Waals surface area contributed by atoms with Gasteiger partial charge in [0.05, 0.1) is 10.5 Å². The molecule has 0 N–H and O–H groups in total. The van der Waals surface area contributed by atoms with Gasteiger partial charge in [0, 0.05) is 11.6 Å². The number of pyridine rings is 1. The highest BCUT2D eigenvalue weighted by Crippen LogP contribution is 2.23. The van der Waals surface area contributed by atoms with Crippen LogP contribution in [0.3, 0.4) is 0 Å². The third kappa shape index (κ3) is 1.40. The average Bonchev–Trinajstić information content (AvgIpc) is 2.18. The molecule has 0 aliphatic rings. The third-order valence-corrected chi connectivity index (χ3v) is 2.51. The second-order valence-corrected chi connectivity index (χ2v) is 3.37. The van der Waals surface area contributed by atoms with Gasteiger partial charge in [-0.1, -0.05) is 36.7 Å². The first-order chi connectivity index (χ1) is 6.33. The van der Waals surface area contributed by atoms with Gasteiger partial charge in [-0.05, 0) is 18.1 Å². The van der Waals surface area contributed by atoms with Crippen molar-refractivity contribution in [2.24, 2.45) is 0 Å². The quantitative estimate of drug-likeness (QED) is 0.673. The maximum Gasteiger partial charge on any atom is 0.0748 e. The Morgan fingerprint density at radius 2 is 2.15 bits per heavy atom. The molecular formula is C11H10ClN. The van der Waals surface area contributed by atoms with E-state index in [1.807, 2.05) is 18.2 Å². The summed E-state index contributed by atoms with van der Waals surface area (Å²) in [6.07, 6.45) is 2.74. The number of hydrogen-bond acceptors (Lipinski definition) is 1. The van der Waals surface area contributed by atoms with Gasteiger partial charge in [-0.25, -0.2) is 0 Å². The minimum Gasteiger partial charge on any atom is -0.256 e. The highest BCUT2D eigenvalue weighted by Gasteiger charge is 2.02. The molecule has 1 heterocycles. The maximum atomic E-state index is 6.05. The van der Waals surface area contributed by atoms with E-state index in [0.717, 1.165) is 22.3 Å². The van der Waals surface area contributed by atoms with Crippen molar-refractivity contribution in [2.45, 2.75) is 13.3 Å². The van der Waals surface area contributed by atoms with E-state index in [-0.39, 0.29) is 0 Å². The number of nitrogens with zero attached hydrogens (tertiary/aromatic N) is 1. The van der Waals surface area contributed by atoms with Crippen LogP contribution in [0.4, 0.5) is 0 Å². The second kappa shape index (κ2) is 3.35. The van der Waals surface area contributed by atoms with E-state index < -0.39 is 0 Å². The first-order valence-corrected chi connectivity index (χ1v) is 4.73. The van der Waals surface area contributed by atoms with Crippen molar-refractivity contribution in [3.8, 4) is 0 Å². The maximum absolute atomic E-state index is 6.05. The van der Waals surface area contributed by atoms with E-state index in [4.69, 9.17) is 11.6 Å². The van der Waals surface area contributed by atoms with Crippen molar-refractivity contribution >= 4 is 22.5 Å². The summed E-state index contributed by atoms with van der Waals surface area (Å²) in [5.74, 6) is 0. The van der Waals surface area contributed by atoms with Crippen molar-refractivity contribution in [1.29, 1.82) is 0 Å². The largest absolute Gasteiger partial charge is 0.256 e. The first kappa shape index (κ1) is 8.52. The molecule has 0 aliphatic carbocycles. The van der Waals surface area contributed by atoms with Crippen LogP contribution in [0, 0.1) is 0 Å². The monoisotopic (exact) mass is 191 g/mol. The highest BCUT2D eigenvalue weighted by atomic mass is 35.5. The molecule has 2 heteroatoms. The van der Waals surface area contributed by atoms with E-state index >= 15 is 0 Å². The Morgan fingerprint density at radius 3 is 2.92 bits per heavy atom. The Hall–Kier alpha value is -1.08. The molecule has 0 aliphatic heterocycles. The topological polar surface area (TPSA) is 12.9 Å². The fourth-order valence-corrected chi connectivity index (χ4v) is 1.70. The molecule has 2 rings (SSSR count). The van der Waals surface area contributed by atoms with Crippen molar-refractivity contribution in [3.05, 3.63) is 41.0 Å². The van der Waals surface area contributed by atoms with Gasteiger partial charge in [0.2, 0.25) is 0 Å². The van der Waals surface area contributed by atoms with Crippen molar-refractivity contribution in [3.63, 3.8) is 0 Å². The van der Waals surface area contributed by atoms with Crippen LogP contribution in [0.15, 0.2) is 30.5 Å². The molecule has 1 nitrogen and oxygen atoms in total. The standard InChI is InChI=1S/C11H10ClN/c1-2-8-4-3-5-9-10(12)6-7-13-11(8)9/h3-7H,2H2,1H3. The zero-order chi connectivity index (χ0) is 9.26. The summed E-state index contributed by atoms with van der Waals surface area (Å²) in [6.45, 7) is 2.12. The smallest absolute Gasteiger partial charge is 0.0748 e. The van der Waals surface area contributed by atoms with Crippen LogP contribution in [0.1, 0.15) is 12.5 Å². The zero-order valence-corrected chi connectivity index (χ0v) is 8.17. The van der Waals surface area contributed by atoms with Gasteiger partial charge < -0.3 is 0 Å². The van der Waals surface area contributed by atoms with Gasteiger partial charge in [0.1, 0.15) is 0 Å². The normalized spacial score (nSPS) is 10.6. The molecule has 2 aromatic rings. The summed E-state index contributed by atoms with van der Waals surface area (Å²) in [4.78, 5) is 4.33. The molecular weight excluding hydrogens is 182 g/mol. The Kier molecular flexibility index (Phi) is 2.19. The Morgan fingerprint density at radius 1 is 1.31 bits per heavy atom. The summed E-state index contributed by atoms with van der Waals surface area (Å²) in [7, 11) is 0. The highest BCUT2D eigenvalue weighted by molar-refractivity contribution is 6.35. The van der Waals surface area contributed by atoms with Crippen LogP contribution in [0.5, 0.6) is 0 Å². The molecule has 0 saturated carbocycles. The molecule has 0 saturated heterocycles. The van der Waals surface area contributed by atoms with Gasteiger partial charge in [0.25, 0.3) is 0 Å². The number of fused-ring (bicyclic) bond motifs is 1. The number of rotatable bonds is 1. The number of benzene rings is 1. The lowest BCUT2D eigenvalue weighted by molar-refractivity contribution is 1.14. The van der Waals surface area contributed by atoms with Crippen LogP contribution in [0.25, 0.3) is 10.9 Å². The van der Waals surface area contributed by atoms with Crippen molar-refractivity contribution < 1.29 is 0 Å². The molecule has 0 fully saturated rings. The summed E-state index contributed by atoms with van der Waals surface area (Å²) in [5, 5.41) is 1.82. The predicted molar refractivity (Wildman–Crippen MR) is 56.1 cm³/mol. The molecule has 1 aromatic carbocycles. The number of aromatic nitrogens is 1. The number of halogens is 1. The number of hydrogen-bond donors (Lipinski definition) is 0. The summed E-state index contributed by atoms with van der Waals surface area (Å²) >= 11 is 6.05. The van der Waals surface area contributed by atoms with E-state index in [1.165, 1.54) is 5.56 Å². The molecule has 0 spiro atoms. The van der Waals surface area contributed by atoms with Crippen molar-refractivity contribution in [1.82, 2.24) is 4.98 Å². The minimum atomic E-state index is 0.778. The Bertz CT molecular complexity index is 437. The van der Waals surface area contributed by atoms with Crippen LogP contribution < -0.4 is 0 Å². The molecule has 0 amide bonds. The number of aryl methyl sites for hydroxylation is 1. The van der Waals surface area contributed by atoms with Gasteiger partial charge in [-0.15, -0.1) is 0 Å². The fraction of sp³-hybridized carbons (Fsp3) is 0.182. The fourth-order valence-electron chi connectivity index (χ4n) is 1.49. The Balaban J connectivity index is 2.84. The van der Waals surface area contributed by atoms with Gasteiger partial charge >= 0.3 is 0 Å². The molecule has 0 unspecified atom stereocenters. The molecule has 13 heavy (non-hydrogen) atoms. The van der Waals surface area contributed by atoms with Gasteiger partial charge in [0.15, 0.2) is 0 Å². The third-order valence-electron chi connectivity index (χ3n) is 2.18. The predicted octanol–water partition coefficient (Wildman–Crippen LogP) is 3.45. The molecule has 0 radical (unpaired) electrons. The molecule has 66 valence electrons. The van der Waals surface area contributed by atoms with Crippen LogP contribution in [-0.2, 0) is 6.42 Å². The van der Waals surface area contributed by atoms with Crippen LogP contribution >= 0.6 is 11.6 Å². The van der Waals surface area contributed by atoms with E-state index in [2.05, 4.69) is 18.0 Å². The Labute approximate surface area is 82.4 Å². The minimum absolute atomic E-state index is 0.778. The lowest BCUT2D eigenvalue weighted by Crippen LogP contribution is -1.86. The summed E-state index contributed by atoms with van der Waals surface area (Å²) in [6, 6.07) is 7.94. The molecule has 0 bridgehead atoms. The molecule has 0 atom stereocenters. The van der Waals surface area contributed by atoms with E-state index in [0.29, 0.717) is 0 Å². The van der Waals surface area contributed by atoms with E-state index in [1.54, 1.807) is 6.20 Å². The van der Waals surface area contributed by atoms with Crippen molar-refractivity contribution in [2.75, 3.05) is 0 Å². The summed E-state index contributed by atoms with van der Waals surface area (Å²) in [5.41, 5.74) is 2.28. The zero-order valence-electron chi connectivity index (χ0n) is 7.42. The summed E-state index contributed by atoms with van der Waals surface area (Å²) < 4.78 is 0. The average molecular weight is 192 g/mol. The lowest BCUT2D eigenvalue weighted by Gasteiger charge is -2.03. The SMILES string of the molecule is CCc1cccc2c(Cl)ccnc12. The number of para-hydroxylation sites is 1. The van der Waals surface area contributed by atoms with Gasteiger partial charge in [-0.2, -0.15) is 0 Å². The van der Waals surface area contributed by atoms with Gasteiger partial charge in [-0.3, -0.25) is 4.98 Å². The van der Waals surface area contributed by atoms with Crippen LogP contribution in [0.2, 0.25) is 5.02 Å². The lowest BCUT2D eigenvalue weighted by atomic mass is 10.1. The van der Waals surface area contributed by atoms with Crippen LogP contribution in [-0.4, -0.2) is 4.98 Å².